The van der Waals surface area contributed by atoms with Gasteiger partial charge in [0.1, 0.15) is 0 Å². The van der Waals surface area contributed by atoms with Crippen LogP contribution in [-0.2, 0) is 14.3 Å². The van der Waals surface area contributed by atoms with Gasteiger partial charge in [-0.15, -0.1) is 0 Å². The SMILES string of the molecule is CCCC[C@@H]1CC[C@H]2[C@@H]3[C@H](C(=O)OC)CC4=CC(=O)CC[C@]4(C)[C@H]3CC[C@]12C. The Labute approximate surface area is 170 Å². The standard InChI is InChI=1S/C25H38O3/c1-5-6-7-16-8-9-20-22-19(23(27)28-4)15-17-14-18(26)10-12-25(17,3)21(22)11-13-24(16,20)2/h14,16,19-22H,5-13,15H2,1-4H3/t16-,19-,20+,21+,22+,24-,25+/m1/s1. The van der Waals surface area contributed by atoms with Gasteiger partial charge in [0.15, 0.2) is 5.78 Å². The van der Waals surface area contributed by atoms with Crippen LogP contribution < -0.4 is 0 Å². The molecule has 7 atom stereocenters. The minimum absolute atomic E-state index is 0.0442. The van der Waals surface area contributed by atoms with Crippen LogP contribution in [0, 0.1) is 40.4 Å². The van der Waals surface area contributed by atoms with Gasteiger partial charge in [-0.05, 0) is 85.5 Å². The molecule has 0 aromatic rings. The molecule has 3 nitrogen and oxygen atoms in total. The Balaban J connectivity index is 1.71. The molecule has 4 rings (SSSR count). The fourth-order valence-electron chi connectivity index (χ4n) is 7.99. The van der Waals surface area contributed by atoms with E-state index in [1.807, 2.05) is 6.08 Å². The van der Waals surface area contributed by atoms with Gasteiger partial charge in [-0.3, -0.25) is 9.59 Å². The van der Waals surface area contributed by atoms with Crippen molar-refractivity contribution < 1.29 is 14.3 Å². The van der Waals surface area contributed by atoms with E-state index in [9.17, 15) is 9.59 Å². The first-order valence-electron chi connectivity index (χ1n) is 11.7. The zero-order valence-corrected chi connectivity index (χ0v) is 18.3. The number of carbonyl (C=O) groups is 2. The number of esters is 1. The average molecular weight is 387 g/mol. The molecule has 0 saturated heterocycles. The number of rotatable bonds is 4. The lowest BCUT2D eigenvalue weighted by Gasteiger charge is -2.60. The molecule has 0 heterocycles. The molecule has 3 heteroatoms. The fourth-order valence-corrected chi connectivity index (χ4v) is 7.99. The van der Waals surface area contributed by atoms with Gasteiger partial charge in [-0.1, -0.05) is 39.2 Å². The molecule has 0 aromatic heterocycles. The van der Waals surface area contributed by atoms with Crippen molar-refractivity contribution in [2.75, 3.05) is 7.11 Å². The van der Waals surface area contributed by atoms with Crippen molar-refractivity contribution in [3.63, 3.8) is 0 Å². The predicted octanol–water partition coefficient (Wildman–Crippen LogP) is 5.72. The van der Waals surface area contributed by atoms with E-state index in [1.165, 1.54) is 57.6 Å². The first-order chi connectivity index (χ1) is 13.3. The number of ketones is 1. The average Bonchev–Trinajstić information content (AvgIpc) is 3.02. The van der Waals surface area contributed by atoms with Crippen molar-refractivity contribution in [3.8, 4) is 0 Å². The van der Waals surface area contributed by atoms with Crippen LogP contribution in [-0.4, -0.2) is 18.9 Å². The second-order valence-electron chi connectivity index (χ2n) is 10.6. The number of fused-ring (bicyclic) bond motifs is 5. The Hall–Kier alpha value is -1.12. The van der Waals surface area contributed by atoms with Crippen LogP contribution in [0.15, 0.2) is 11.6 Å². The number of methoxy groups -OCH3 is 1. The molecule has 0 unspecified atom stereocenters. The van der Waals surface area contributed by atoms with Crippen LogP contribution in [0.2, 0.25) is 0 Å². The summed E-state index contributed by atoms with van der Waals surface area (Å²) in [6, 6.07) is 0. The molecule has 4 aliphatic carbocycles. The Morgan fingerprint density at radius 3 is 2.68 bits per heavy atom. The lowest BCUT2D eigenvalue weighted by molar-refractivity contribution is -0.158. The normalized spacial score (nSPS) is 44.9. The third-order valence-corrected chi connectivity index (χ3v) is 9.62. The summed E-state index contributed by atoms with van der Waals surface area (Å²) in [5.41, 5.74) is 1.72. The van der Waals surface area contributed by atoms with Crippen LogP contribution in [0.4, 0.5) is 0 Å². The van der Waals surface area contributed by atoms with Crippen molar-refractivity contribution in [1.82, 2.24) is 0 Å². The molecule has 0 N–H and O–H groups in total. The predicted molar refractivity (Wildman–Crippen MR) is 111 cm³/mol. The van der Waals surface area contributed by atoms with Gasteiger partial charge in [0, 0.05) is 6.42 Å². The van der Waals surface area contributed by atoms with E-state index in [-0.39, 0.29) is 23.1 Å². The first-order valence-corrected chi connectivity index (χ1v) is 11.7. The molecule has 0 amide bonds. The summed E-state index contributed by atoms with van der Waals surface area (Å²) in [7, 11) is 1.53. The minimum atomic E-state index is -0.0604. The first kappa shape index (κ1) is 20.2. The number of unbranched alkanes of at least 4 members (excludes halogenated alkanes) is 1. The van der Waals surface area contributed by atoms with Crippen LogP contribution in [0.5, 0.6) is 0 Å². The number of hydrogen-bond donors (Lipinski definition) is 0. The third kappa shape index (κ3) is 2.91. The molecule has 0 spiro atoms. The van der Waals surface area contributed by atoms with Crippen molar-refractivity contribution in [1.29, 1.82) is 0 Å². The van der Waals surface area contributed by atoms with Crippen molar-refractivity contribution in [2.24, 2.45) is 40.4 Å². The molecule has 3 fully saturated rings. The van der Waals surface area contributed by atoms with Crippen LogP contribution in [0.25, 0.3) is 0 Å². The van der Waals surface area contributed by atoms with Gasteiger partial charge in [-0.2, -0.15) is 0 Å². The van der Waals surface area contributed by atoms with Crippen LogP contribution >= 0.6 is 0 Å². The third-order valence-electron chi connectivity index (χ3n) is 9.62. The van der Waals surface area contributed by atoms with Gasteiger partial charge in [-0.25, -0.2) is 0 Å². The molecular formula is C25H38O3. The van der Waals surface area contributed by atoms with Gasteiger partial charge >= 0.3 is 5.97 Å². The van der Waals surface area contributed by atoms with E-state index in [0.29, 0.717) is 29.6 Å². The number of ether oxygens (including phenoxy) is 1. The van der Waals surface area contributed by atoms with Gasteiger partial charge in [0.25, 0.3) is 0 Å². The summed E-state index contributed by atoms with van der Waals surface area (Å²) >= 11 is 0. The summed E-state index contributed by atoms with van der Waals surface area (Å²) in [5, 5.41) is 0. The second-order valence-corrected chi connectivity index (χ2v) is 10.6. The maximum atomic E-state index is 12.9. The van der Waals surface area contributed by atoms with E-state index >= 15 is 0 Å². The van der Waals surface area contributed by atoms with Gasteiger partial charge in [0.2, 0.25) is 0 Å². The quantitative estimate of drug-likeness (QED) is 0.580. The molecule has 0 bridgehead atoms. The molecule has 4 aliphatic rings. The van der Waals surface area contributed by atoms with Crippen LogP contribution in [0.3, 0.4) is 0 Å². The Morgan fingerprint density at radius 1 is 1.18 bits per heavy atom. The lowest BCUT2D eigenvalue weighted by Crippen LogP contribution is -2.55. The smallest absolute Gasteiger partial charge is 0.309 e. The highest BCUT2D eigenvalue weighted by Gasteiger charge is 2.62. The highest BCUT2D eigenvalue weighted by Crippen LogP contribution is 2.68. The number of hydrogen-bond acceptors (Lipinski definition) is 3. The lowest BCUT2D eigenvalue weighted by atomic mass is 9.44. The Kier molecular flexibility index (Phi) is 5.25. The topological polar surface area (TPSA) is 43.4 Å². The van der Waals surface area contributed by atoms with Crippen LogP contribution in [0.1, 0.15) is 85.0 Å². The maximum absolute atomic E-state index is 12.9. The summed E-state index contributed by atoms with van der Waals surface area (Å²) in [6.07, 6.45) is 13.3. The zero-order valence-electron chi connectivity index (χ0n) is 18.3. The highest BCUT2D eigenvalue weighted by atomic mass is 16.5. The summed E-state index contributed by atoms with van der Waals surface area (Å²) in [4.78, 5) is 25.0. The molecule has 28 heavy (non-hydrogen) atoms. The summed E-state index contributed by atoms with van der Waals surface area (Å²) < 4.78 is 5.30. The Bertz CT molecular complexity index is 679. The largest absolute Gasteiger partial charge is 0.469 e. The maximum Gasteiger partial charge on any atom is 0.309 e. The number of allylic oxidation sites excluding steroid dienone is 1. The molecule has 156 valence electrons. The van der Waals surface area contributed by atoms with Crippen molar-refractivity contribution >= 4 is 11.8 Å². The molecule has 0 radical (unpaired) electrons. The van der Waals surface area contributed by atoms with E-state index in [0.717, 1.165) is 18.8 Å². The van der Waals surface area contributed by atoms with E-state index < -0.39 is 0 Å². The molecule has 0 aromatic carbocycles. The van der Waals surface area contributed by atoms with E-state index in [1.54, 1.807) is 0 Å². The summed E-state index contributed by atoms with van der Waals surface area (Å²) in [5.74, 6) is 2.53. The minimum Gasteiger partial charge on any atom is -0.469 e. The molecule has 3 saturated carbocycles. The highest BCUT2D eigenvalue weighted by molar-refractivity contribution is 5.92. The molecule has 0 aliphatic heterocycles. The molecular weight excluding hydrogens is 348 g/mol. The number of carbonyl (C=O) groups excluding carboxylic acids is 2. The van der Waals surface area contributed by atoms with E-state index in [4.69, 9.17) is 4.74 Å². The van der Waals surface area contributed by atoms with Gasteiger partial charge in [0.05, 0.1) is 13.0 Å². The Morgan fingerprint density at radius 2 is 1.96 bits per heavy atom. The van der Waals surface area contributed by atoms with Crippen molar-refractivity contribution in [2.45, 2.75) is 85.0 Å². The fraction of sp³-hybridized carbons (Fsp3) is 0.840. The zero-order chi connectivity index (χ0) is 20.1. The monoisotopic (exact) mass is 386 g/mol. The van der Waals surface area contributed by atoms with Crippen molar-refractivity contribution in [3.05, 3.63) is 11.6 Å². The summed E-state index contributed by atoms with van der Waals surface area (Å²) in [6.45, 7) is 7.22. The second kappa shape index (κ2) is 7.29. The van der Waals surface area contributed by atoms with Gasteiger partial charge < -0.3 is 4.74 Å². The van der Waals surface area contributed by atoms with E-state index in [2.05, 4.69) is 20.8 Å².